The zero-order valence-corrected chi connectivity index (χ0v) is 20.3. The molecular formula is C21H33N3O6S2. The molecule has 2 aliphatic rings. The summed E-state index contributed by atoms with van der Waals surface area (Å²) in [4.78, 5) is 12.8. The first kappa shape index (κ1) is 25.1. The maximum Gasteiger partial charge on any atom is 0.243 e. The van der Waals surface area contributed by atoms with Gasteiger partial charge in [0.15, 0.2) is 0 Å². The third-order valence-corrected chi connectivity index (χ3v) is 10.1. The average Bonchev–Trinajstić information content (AvgIpc) is 2.80. The van der Waals surface area contributed by atoms with Gasteiger partial charge >= 0.3 is 0 Å². The lowest BCUT2D eigenvalue weighted by atomic mass is 9.97. The number of rotatable bonds is 8. The summed E-state index contributed by atoms with van der Waals surface area (Å²) in [6.45, 7) is 5.88. The molecule has 1 amide bonds. The van der Waals surface area contributed by atoms with Gasteiger partial charge in [0.05, 0.1) is 15.7 Å². The molecule has 1 aromatic rings. The summed E-state index contributed by atoms with van der Waals surface area (Å²) in [5, 5.41) is 3.03. The number of nitrogens with one attached hydrogen (secondary N) is 1. The highest BCUT2D eigenvalue weighted by molar-refractivity contribution is 7.89. The Balaban J connectivity index is 1.70. The summed E-state index contributed by atoms with van der Waals surface area (Å²) < 4.78 is 59.6. The highest BCUT2D eigenvalue weighted by Gasteiger charge is 2.34. The van der Waals surface area contributed by atoms with Crippen molar-refractivity contribution in [3.63, 3.8) is 0 Å². The molecule has 1 aromatic carbocycles. The normalized spacial score (nSPS) is 21.5. The molecular weight excluding hydrogens is 454 g/mol. The molecule has 2 aliphatic heterocycles. The molecule has 2 heterocycles. The second kappa shape index (κ2) is 10.6. The first-order chi connectivity index (χ1) is 15.2. The van der Waals surface area contributed by atoms with Gasteiger partial charge < -0.3 is 10.1 Å². The summed E-state index contributed by atoms with van der Waals surface area (Å²) in [7, 11) is -7.49. The predicted octanol–water partition coefficient (Wildman–Crippen LogP) is 1.41. The van der Waals surface area contributed by atoms with Gasteiger partial charge in [-0.2, -0.15) is 8.61 Å². The number of carbonyl (C=O) groups excluding carboxylic acids is 1. The van der Waals surface area contributed by atoms with Gasteiger partial charge in [0.2, 0.25) is 26.0 Å². The Hall–Kier alpha value is -1.53. The van der Waals surface area contributed by atoms with Crippen LogP contribution in [0, 0.1) is 5.92 Å². The Morgan fingerprint density at radius 1 is 1.03 bits per heavy atom. The van der Waals surface area contributed by atoms with E-state index < -0.39 is 26.0 Å². The van der Waals surface area contributed by atoms with Crippen LogP contribution in [0.4, 0.5) is 0 Å². The third kappa shape index (κ3) is 5.51. The van der Waals surface area contributed by atoms with Crippen LogP contribution in [0.2, 0.25) is 0 Å². The number of ether oxygens (including phenoxy) is 1. The number of carbonyl (C=O) groups is 1. The molecule has 0 radical (unpaired) electrons. The molecule has 0 saturated carbocycles. The minimum absolute atomic E-state index is 0.0292. The molecule has 0 spiro atoms. The van der Waals surface area contributed by atoms with E-state index >= 15 is 0 Å². The van der Waals surface area contributed by atoms with Crippen LogP contribution in [0.15, 0.2) is 34.1 Å². The summed E-state index contributed by atoms with van der Waals surface area (Å²) in [6, 6.07) is 5.40. The number of hydrogen-bond donors (Lipinski definition) is 1. The Bertz CT molecular complexity index is 985. The highest BCUT2D eigenvalue weighted by Crippen LogP contribution is 2.26. The van der Waals surface area contributed by atoms with Crippen LogP contribution in [0.5, 0.6) is 0 Å². The Labute approximate surface area is 191 Å². The highest BCUT2D eigenvalue weighted by atomic mass is 32.2. The first-order valence-electron chi connectivity index (χ1n) is 11.2. The molecule has 32 heavy (non-hydrogen) atoms. The molecule has 0 bridgehead atoms. The largest absolute Gasteiger partial charge is 0.381 e. The van der Waals surface area contributed by atoms with Crippen LogP contribution in [0.1, 0.15) is 39.5 Å². The van der Waals surface area contributed by atoms with E-state index in [1.54, 1.807) is 13.8 Å². The topological polar surface area (TPSA) is 113 Å². The number of amides is 1. The van der Waals surface area contributed by atoms with E-state index in [1.807, 2.05) is 0 Å². The lowest BCUT2D eigenvalue weighted by Gasteiger charge is -2.32. The number of sulfonamides is 2. The minimum atomic E-state index is -3.83. The lowest BCUT2D eigenvalue weighted by Crippen LogP contribution is -2.48. The van der Waals surface area contributed by atoms with Gasteiger partial charge in [0.1, 0.15) is 0 Å². The smallest absolute Gasteiger partial charge is 0.243 e. The summed E-state index contributed by atoms with van der Waals surface area (Å²) in [6.07, 6.45) is 2.77. The molecule has 180 valence electrons. The number of benzene rings is 1. The monoisotopic (exact) mass is 487 g/mol. The van der Waals surface area contributed by atoms with Crippen molar-refractivity contribution in [1.82, 2.24) is 13.9 Å². The van der Waals surface area contributed by atoms with Crippen LogP contribution in [-0.4, -0.2) is 76.8 Å². The zero-order chi connectivity index (χ0) is 23.4. The van der Waals surface area contributed by atoms with Crippen molar-refractivity contribution in [3.05, 3.63) is 24.3 Å². The van der Waals surface area contributed by atoms with Crippen LogP contribution < -0.4 is 5.32 Å². The SMILES string of the molecule is CCN(CC)S(=O)(=O)c1ccc(S(=O)(=O)N2CCCC(C(=O)NC3CCOCC3)C2)cc1. The standard InChI is InChI=1S/C21H33N3O6S2/c1-3-23(4-2)31(26,27)19-7-9-20(10-8-19)32(28,29)24-13-5-6-17(16-24)21(25)22-18-11-14-30-15-12-18/h7-10,17-18H,3-6,11-16H2,1-2H3,(H,22,25). The third-order valence-electron chi connectivity index (χ3n) is 6.13. The van der Waals surface area contributed by atoms with E-state index in [1.165, 1.54) is 32.9 Å². The van der Waals surface area contributed by atoms with Crippen molar-refractivity contribution in [2.75, 3.05) is 39.4 Å². The van der Waals surface area contributed by atoms with E-state index in [0.717, 1.165) is 12.8 Å². The van der Waals surface area contributed by atoms with E-state index in [9.17, 15) is 21.6 Å². The summed E-state index contributed by atoms with van der Waals surface area (Å²) in [5.41, 5.74) is 0. The Morgan fingerprint density at radius 2 is 1.62 bits per heavy atom. The van der Waals surface area contributed by atoms with Gasteiger partial charge in [-0.05, 0) is 49.9 Å². The lowest BCUT2D eigenvalue weighted by molar-refractivity contribution is -0.127. The van der Waals surface area contributed by atoms with E-state index in [2.05, 4.69) is 5.32 Å². The molecule has 1 atom stereocenters. The molecule has 1 N–H and O–H groups in total. The summed E-state index contributed by atoms with van der Waals surface area (Å²) in [5.74, 6) is -0.513. The zero-order valence-electron chi connectivity index (χ0n) is 18.7. The van der Waals surface area contributed by atoms with Crippen molar-refractivity contribution in [2.24, 2.45) is 5.92 Å². The van der Waals surface area contributed by atoms with Crippen LogP contribution in [0.3, 0.4) is 0 Å². The maximum absolute atomic E-state index is 13.2. The predicted molar refractivity (Wildman–Crippen MR) is 120 cm³/mol. The van der Waals surface area contributed by atoms with Gasteiger partial charge in [0, 0.05) is 45.4 Å². The Kier molecular flexibility index (Phi) is 8.31. The maximum atomic E-state index is 13.2. The molecule has 0 aliphatic carbocycles. The molecule has 0 aromatic heterocycles. The molecule has 3 rings (SSSR count). The average molecular weight is 488 g/mol. The van der Waals surface area contributed by atoms with Crippen molar-refractivity contribution >= 4 is 26.0 Å². The second-order valence-corrected chi connectivity index (χ2v) is 12.0. The van der Waals surface area contributed by atoms with Crippen molar-refractivity contribution in [3.8, 4) is 0 Å². The van der Waals surface area contributed by atoms with Crippen LogP contribution >= 0.6 is 0 Å². The fraction of sp³-hybridized carbons (Fsp3) is 0.667. The molecule has 9 nitrogen and oxygen atoms in total. The van der Waals surface area contributed by atoms with E-state index in [0.29, 0.717) is 45.7 Å². The van der Waals surface area contributed by atoms with Crippen molar-refractivity contribution in [2.45, 2.75) is 55.4 Å². The van der Waals surface area contributed by atoms with Gasteiger partial charge in [-0.15, -0.1) is 0 Å². The first-order valence-corrected chi connectivity index (χ1v) is 14.1. The van der Waals surface area contributed by atoms with Gasteiger partial charge in [-0.1, -0.05) is 13.8 Å². The van der Waals surface area contributed by atoms with Crippen molar-refractivity contribution < 1.29 is 26.4 Å². The summed E-state index contributed by atoms with van der Waals surface area (Å²) >= 11 is 0. The molecule has 11 heteroatoms. The minimum Gasteiger partial charge on any atom is -0.381 e. The van der Waals surface area contributed by atoms with Gasteiger partial charge in [-0.3, -0.25) is 4.79 Å². The number of piperidine rings is 1. The fourth-order valence-electron chi connectivity index (χ4n) is 4.18. The molecule has 2 fully saturated rings. The van der Waals surface area contributed by atoms with Crippen molar-refractivity contribution in [1.29, 1.82) is 0 Å². The second-order valence-electron chi connectivity index (χ2n) is 8.16. The molecule has 1 unspecified atom stereocenters. The molecule has 2 saturated heterocycles. The number of nitrogens with zero attached hydrogens (tertiary/aromatic N) is 2. The van der Waals surface area contributed by atoms with Crippen LogP contribution in [0.25, 0.3) is 0 Å². The fourth-order valence-corrected chi connectivity index (χ4v) is 7.16. The van der Waals surface area contributed by atoms with E-state index in [-0.39, 0.29) is 28.3 Å². The van der Waals surface area contributed by atoms with E-state index in [4.69, 9.17) is 4.74 Å². The Morgan fingerprint density at radius 3 is 2.22 bits per heavy atom. The van der Waals surface area contributed by atoms with Gasteiger partial charge in [-0.25, -0.2) is 16.8 Å². The number of hydrogen-bond acceptors (Lipinski definition) is 6. The van der Waals surface area contributed by atoms with Crippen LogP contribution in [-0.2, 0) is 29.6 Å². The quantitative estimate of drug-likeness (QED) is 0.593. The van der Waals surface area contributed by atoms with Gasteiger partial charge in [0.25, 0.3) is 0 Å².